The quantitative estimate of drug-likeness (QED) is 0.733. The van der Waals surface area contributed by atoms with Gasteiger partial charge in [-0.05, 0) is 36.2 Å². The summed E-state index contributed by atoms with van der Waals surface area (Å²) in [5, 5.41) is 1.83. The van der Waals surface area contributed by atoms with Crippen LogP contribution in [0.25, 0.3) is 0 Å². The molecule has 0 aliphatic carbocycles. The van der Waals surface area contributed by atoms with Gasteiger partial charge in [-0.1, -0.05) is 47.6 Å². The molecular formula is C15H12ClNS. The number of rotatable bonds is 1. The van der Waals surface area contributed by atoms with Gasteiger partial charge in [0.05, 0.1) is 6.54 Å². The predicted octanol–water partition coefficient (Wildman–Crippen LogP) is 4.70. The van der Waals surface area contributed by atoms with Crippen LogP contribution >= 0.6 is 23.4 Å². The SMILES string of the molecule is Cc1cccc2c1CN=C(c1ccc(Cl)cc1)S2. The molecule has 18 heavy (non-hydrogen) atoms. The molecule has 2 aromatic carbocycles. The molecule has 0 bridgehead atoms. The van der Waals surface area contributed by atoms with E-state index >= 15 is 0 Å². The summed E-state index contributed by atoms with van der Waals surface area (Å²) in [4.78, 5) is 5.98. The van der Waals surface area contributed by atoms with Crippen molar-refractivity contribution in [3.05, 3.63) is 64.2 Å². The first-order chi connectivity index (χ1) is 8.74. The first-order valence-electron chi connectivity index (χ1n) is 5.81. The van der Waals surface area contributed by atoms with Crippen LogP contribution in [0.3, 0.4) is 0 Å². The summed E-state index contributed by atoms with van der Waals surface area (Å²) in [5.41, 5.74) is 3.80. The zero-order valence-corrected chi connectivity index (χ0v) is 11.6. The number of hydrogen-bond donors (Lipinski definition) is 0. The first kappa shape index (κ1) is 11.8. The lowest BCUT2D eigenvalue weighted by atomic mass is 10.1. The van der Waals surface area contributed by atoms with E-state index in [0.29, 0.717) is 0 Å². The molecule has 0 radical (unpaired) electrons. The maximum absolute atomic E-state index is 5.91. The van der Waals surface area contributed by atoms with Gasteiger partial charge in [0.2, 0.25) is 0 Å². The molecule has 90 valence electrons. The molecule has 1 aliphatic heterocycles. The van der Waals surface area contributed by atoms with Crippen molar-refractivity contribution >= 4 is 28.4 Å². The Balaban J connectivity index is 1.95. The molecule has 0 N–H and O–H groups in total. The van der Waals surface area contributed by atoms with Crippen LogP contribution in [0.4, 0.5) is 0 Å². The Morgan fingerprint density at radius 2 is 1.89 bits per heavy atom. The van der Waals surface area contributed by atoms with Crippen molar-refractivity contribution in [1.82, 2.24) is 0 Å². The Morgan fingerprint density at radius 1 is 1.11 bits per heavy atom. The van der Waals surface area contributed by atoms with Crippen molar-refractivity contribution in [3.63, 3.8) is 0 Å². The van der Waals surface area contributed by atoms with E-state index in [1.165, 1.54) is 16.0 Å². The molecule has 0 unspecified atom stereocenters. The Labute approximate surface area is 116 Å². The highest BCUT2D eigenvalue weighted by Crippen LogP contribution is 2.33. The number of halogens is 1. The molecular weight excluding hydrogens is 262 g/mol. The maximum Gasteiger partial charge on any atom is 0.103 e. The third-order valence-electron chi connectivity index (χ3n) is 3.05. The fraction of sp³-hybridized carbons (Fsp3) is 0.133. The average molecular weight is 274 g/mol. The predicted molar refractivity (Wildman–Crippen MR) is 78.7 cm³/mol. The van der Waals surface area contributed by atoms with Crippen LogP contribution < -0.4 is 0 Å². The van der Waals surface area contributed by atoms with E-state index < -0.39 is 0 Å². The molecule has 1 heterocycles. The normalized spacial score (nSPS) is 14.0. The average Bonchev–Trinajstić information content (AvgIpc) is 2.39. The van der Waals surface area contributed by atoms with E-state index in [-0.39, 0.29) is 0 Å². The lowest BCUT2D eigenvalue weighted by Crippen LogP contribution is -2.04. The van der Waals surface area contributed by atoms with Crippen LogP contribution in [0.2, 0.25) is 5.02 Å². The van der Waals surface area contributed by atoms with Crippen molar-refractivity contribution < 1.29 is 0 Å². The van der Waals surface area contributed by atoms with E-state index in [0.717, 1.165) is 22.2 Å². The minimum atomic E-state index is 0.761. The van der Waals surface area contributed by atoms with Gasteiger partial charge in [0.1, 0.15) is 5.04 Å². The van der Waals surface area contributed by atoms with Crippen molar-refractivity contribution in [2.45, 2.75) is 18.4 Å². The topological polar surface area (TPSA) is 12.4 Å². The second-order valence-electron chi connectivity index (χ2n) is 4.28. The Kier molecular flexibility index (Phi) is 3.14. The number of fused-ring (bicyclic) bond motifs is 1. The number of benzene rings is 2. The van der Waals surface area contributed by atoms with E-state index in [1.807, 2.05) is 24.3 Å². The molecule has 0 aromatic heterocycles. The van der Waals surface area contributed by atoms with E-state index in [9.17, 15) is 0 Å². The molecule has 0 saturated carbocycles. The standard InChI is InChI=1S/C15H12ClNS/c1-10-3-2-4-14-13(10)9-17-15(18-14)11-5-7-12(16)8-6-11/h2-8H,9H2,1H3. The monoisotopic (exact) mass is 273 g/mol. The summed E-state index contributed by atoms with van der Waals surface area (Å²) >= 11 is 7.64. The van der Waals surface area contributed by atoms with Crippen LogP contribution in [-0.4, -0.2) is 5.04 Å². The number of thioether (sulfide) groups is 1. The number of nitrogens with zero attached hydrogens (tertiary/aromatic N) is 1. The lowest BCUT2D eigenvalue weighted by Gasteiger charge is -2.17. The van der Waals surface area contributed by atoms with Gasteiger partial charge in [0.15, 0.2) is 0 Å². The van der Waals surface area contributed by atoms with Crippen molar-refractivity contribution in [1.29, 1.82) is 0 Å². The van der Waals surface area contributed by atoms with Crippen LogP contribution in [0.5, 0.6) is 0 Å². The smallest absolute Gasteiger partial charge is 0.103 e. The fourth-order valence-corrected chi connectivity index (χ4v) is 3.22. The van der Waals surface area contributed by atoms with E-state index in [2.05, 4.69) is 30.1 Å². The van der Waals surface area contributed by atoms with E-state index in [4.69, 9.17) is 11.6 Å². The highest BCUT2D eigenvalue weighted by molar-refractivity contribution is 8.14. The second kappa shape index (κ2) is 4.79. The van der Waals surface area contributed by atoms with Crippen molar-refractivity contribution in [2.75, 3.05) is 0 Å². The molecule has 0 fully saturated rings. The molecule has 1 nitrogen and oxygen atoms in total. The van der Waals surface area contributed by atoms with Gasteiger partial charge in [-0.15, -0.1) is 0 Å². The molecule has 0 amide bonds. The molecule has 3 rings (SSSR count). The highest BCUT2D eigenvalue weighted by atomic mass is 35.5. The van der Waals surface area contributed by atoms with Gasteiger partial charge in [-0.3, -0.25) is 4.99 Å². The number of aliphatic imine (C=N–C) groups is 1. The summed E-state index contributed by atoms with van der Waals surface area (Å²) in [6.07, 6.45) is 0. The number of aryl methyl sites for hydroxylation is 1. The van der Waals surface area contributed by atoms with Gasteiger partial charge in [-0.2, -0.15) is 0 Å². The molecule has 3 heteroatoms. The molecule has 2 aromatic rings. The zero-order chi connectivity index (χ0) is 12.5. The van der Waals surface area contributed by atoms with Gasteiger partial charge >= 0.3 is 0 Å². The van der Waals surface area contributed by atoms with Gasteiger partial charge < -0.3 is 0 Å². The fourth-order valence-electron chi connectivity index (χ4n) is 2.00. The zero-order valence-electron chi connectivity index (χ0n) is 9.98. The minimum absolute atomic E-state index is 0.761. The third-order valence-corrected chi connectivity index (χ3v) is 4.46. The van der Waals surface area contributed by atoms with Crippen molar-refractivity contribution in [3.8, 4) is 0 Å². The van der Waals surface area contributed by atoms with Crippen LogP contribution in [-0.2, 0) is 6.54 Å². The third kappa shape index (κ3) is 2.18. The van der Waals surface area contributed by atoms with Crippen LogP contribution in [0, 0.1) is 6.92 Å². The number of hydrogen-bond acceptors (Lipinski definition) is 2. The van der Waals surface area contributed by atoms with Crippen molar-refractivity contribution in [2.24, 2.45) is 4.99 Å². The molecule has 0 saturated heterocycles. The Bertz CT molecular complexity index is 617. The van der Waals surface area contributed by atoms with Crippen LogP contribution in [0.1, 0.15) is 16.7 Å². The summed E-state index contributed by atoms with van der Waals surface area (Å²) in [7, 11) is 0. The summed E-state index contributed by atoms with van der Waals surface area (Å²) in [6.45, 7) is 2.91. The van der Waals surface area contributed by atoms with Crippen LogP contribution in [0.15, 0.2) is 52.4 Å². The first-order valence-corrected chi connectivity index (χ1v) is 7.00. The van der Waals surface area contributed by atoms with E-state index in [1.54, 1.807) is 11.8 Å². The van der Waals surface area contributed by atoms with Gasteiger partial charge in [0.25, 0.3) is 0 Å². The second-order valence-corrected chi connectivity index (χ2v) is 5.75. The van der Waals surface area contributed by atoms with Gasteiger partial charge in [0, 0.05) is 15.5 Å². The summed E-state index contributed by atoms with van der Waals surface area (Å²) in [6, 6.07) is 14.3. The molecule has 0 spiro atoms. The Hall–Kier alpha value is -1.25. The van der Waals surface area contributed by atoms with Gasteiger partial charge in [-0.25, -0.2) is 0 Å². The Morgan fingerprint density at radius 3 is 2.67 bits per heavy atom. The summed E-state index contributed by atoms with van der Waals surface area (Å²) < 4.78 is 0. The molecule has 0 atom stereocenters. The molecule has 1 aliphatic rings. The lowest BCUT2D eigenvalue weighted by molar-refractivity contribution is 1.000. The summed E-state index contributed by atoms with van der Waals surface area (Å²) in [5.74, 6) is 0. The highest BCUT2D eigenvalue weighted by Gasteiger charge is 2.15. The maximum atomic E-state index is 5.91. The largest absolute Gasteiger partial charge is 0.273 e. The minimum Gasteiger partial charge on any atom is -0.273 e.